The van der Waals surface area contributed by atoms with E-state index in [0.29, 0.717) is 21.0 Å². The molecule has 19 heavy (non-hydrogen) atoms. The van der Waals surface area contributed by atoms with Crippen LogP contribution in [0.3, 0.4) is 0 Å². The maximum absolute atomic E-state index is 11.2. The van der Waals surface area contributed by atoms with Gasteiger partial charge in [-0.25, -0.2) is 13.6 Å². The summed E-state index contributed by atoms with van der Waals surface area (Å²) in [7, 11) is -3.74. The Morgan fingerprint density at radius 3 is 2.58 bits per heavy atom. The smallest absolute Gasteiger partial charge is 0.238 e. The Morgan fingerprint density at radius 2 is 2.00 bits per heavy atom. The highest BCUT2D eigenvalue weighted by Crippen LogP contribution is 2.31. The first-order chi connectivity index (χ1) is 8.86. The molecule has 0 aliphatic heterocycles. The van der Waals surface area contributed by atoms with Gasteiger partial charge in [0.25, 0.3) is 0 Å². The van der Waals surface area contributed by atoms with E-state index in [9.17, 15) is 8.42 Å². The van der Waals surface area contributed by atoms with Crippen molar-refractivity contribution in [3.05, 3.63) is 46.2 Å². The Hall–Kier alpha value is -1.15. The van der Waals surface area contributed by atoms with Crippen molar-refractivity contribution in [2.75, 3.05) is 0 Å². The Morgan fingerprint density at radius 1 is 1.26 bits per heavy atom. The average molecular weight is 364 g/mol. The van der Waals surface area contributed by atoms with E-state index in [2.05, 4.69) is 20.9 Å². The summed E-state index contributed by atoms with van der Waals surface area (Å²) in [5, 5.41) is 5.47. The molecule has 1 aromatic carbocycles. The highest BCUT2D eigenvalue weighted by molar-refractivity contribution is 9.10. The van der Waals surface area contributed by atoms with Crippen LogP contribution in [-0.2, 0) is 10.0 Å². The van der Waals surface area contributed by atoms with Crippen LogP contribution in [0.5, 0.6) is 11.5 Å². The van der Waals surface area contributed by atoms with E-state index in [1.54, 1.807) is 6.07 Å². The molecule has 0 amide bonds. The molecule has 0 fully saturated rings. The normalized spacial score (nSPS) is 11.3. The molecule has 5 nitrogen and oxygen atoms in total. The number of hydrogen-bond acceptors (Lipinski definition) is 4. The van der Waals surface area contributed by atoms with Crippen molar-refractivity contribution in [3.63, 3.8) is 0 Å². The maximum Gasteiger partial charge on any atom is 0.238 e. The second kappa shape index (κ2) is 5.46. The summed E-state index contributed by atoms with van der Waals surface area (Å²) in [5.74, 6) is 0.869. The lowest BCUT2D eigenvalue weighted by Crippen LogP contribution is -2.11. The minimum atomic E-state index is -3.74. The van der Waals surface area contributed by atoms with Crippen LogP contribution >= 0.6 is 27.5 Å². The lowest BCUT2D eigenvalue weighted by atomic mass is 10.3. The molecule has 2 N–H and O–H groups in total. The third-order valence-corrected chi connectivity index (χ3v) is 3.88. The van der Waals surface area contributed by atoms with E-state index >= 15 is 0 Å². The molecule has 2 rings (SSSR count). The predicted molar refractivity (Wildman–Crippen MR) is 74.8 cm³/mol. The highest BCUT2D eigenvalue weighted by atomic mass is 79.9. The summed E-state index contributed by atoms with van der Waals surface area (Å²) in [6.45, 7) is 0. The first-order valence-electron chi connectivity index (χ1n) is 4.97. The van der Waals surface area contributed by atoms with Crippen LogP contribution in [0, 0.1) is 0 Å². The Kier molecular flexibility index (Phi) is 4.10. The summed E-state index contributed by atoms with van der Waals surface area (Å²) in [5.41, 5.74) is 0. The Bertz CT molecular complexity index is 722. The number of nitrogens with two attached hydrogens (primary N) is 1. The number of ether oxygens (including phenoxy) is 1. The van der Waals surface area contributed by atoms with Gasteiger partial charge in [0.1, 0.15) is 11.5 Å². The number of nitrogens with zero attached hydrogens (tertiary/aromatic N) is 1. The second-order valence-corrected chi connectivity index (χ2v) is 6.43. The van der Waals surface area contributed by atoms with Gasteiger partial charge < -0.3 is 4.74 Å². The standard InChI is InChI=1S/C11H8BrClN2O3S/c12-10-4-9(19(14,16)17)1-2-11(10)18-8-3-7(13)5-15-6-8/h1-6H,(H2,14,16,17). The molecule has 0 radical (unpaired) electrons. The number of aromatic nitrogens is 1. The summed E-state index contributed by atoms with van der Waals surface area (Å²) < 4.78 is 28.4. The number of hydrogen-bond donors (Lipinski definition) is 1. The molecule has 2 aromatic rings. The zero-order chi connectivity index (χ0) is 14.0. The van der Waals surface area contributed by atoms with Crippen molar-refractivity contribution in [2.45, 2.75) is 4.90 Å². The van der Waals surface area contributed by atoms with Gasteiger partial charge in [-0.2, -0.15) is 0 Å². The maximum atomic E-state index is 11.2. The molecule has 1 heterocycles. The zero-order valence-corrected chi connectivity index (χ0v) is 12.5. The van der Waals surface area contributed by atoms with Crippen LogP contribution in [0.4, 0.5) is 0 Å². The average Bonchev–Trinajstić information content (AvgIpc) is 2.30. The second-order valence-electron chi connectivity index (χ2n) is 3.58. The van der Waals surface area contributed by atoms with Gasteiger partial charge >= 0.3 is 0 Å². The number of halogens is 2. The van der Waals surface area contributed by atoms with Crippen molar-refractivity contribution in [2.24, 2.45) is 5.14 Å². The van der Waals surface area contributed by atoms with Gasteiger partial charge in [0.15, 0.2) is 0 Å². The molecule has 100 valence electrons. The van der Waals surface area contributed by atoms with E-state index in [4.69, 9.17) is 21.5 Å². The lowest BCUT2D eigenvalue weighted by molar-refractivity contribution is 0.476. The Labute approximate surface area is 123 Å². The molecule has 0 unspecified atom stereocenters. The third-order valence-electron chi connectivity index (χ3n) is 2.14. The molecule has 1 aromatic heterocycles. The van der Waals surface area contributed by atoms with E-state index in [0.717, 1.165) is 0 Å². The lowest BCUT2D eigenvalue weighted by Gasteiger charge is -2.08. The zero-order valence-electron chi connectivity index (χ0n) is 9.38. The first-order valence-corrected chi connectivity index (χ1v) is 7.69. The molecule has 0 saturated carbocycles. The van der Waals surface area contributed by atoms with Gasteiger partial charge in [-0.05, 0) is 34.1 Å². The SMILES string of the molecule is NS(=O)(=O)c1ccc(Oc2cncc(Cl)c2)c(Br)c1. The summed E-state index contributed by atoms with van der Waals surface area (Å²) in [4.78, 5) is 3.87. The fourth-order valence-electron chi connectivity index (χ4n) is 1.32. The van der Waals surface area contributed by atoms with Crippen molar-refractivity contribution < 1.29 is 13.2 Å². The molecule has 0 saturated heterocycles. The van der Waals surface area contributed by atoms with Gasteiger partial charge in [0.05, 0.1) is 20.6 Å². The molecule has 0 spiro atoms. The van der Waals surface area contributed by atoms with E-state index in [1.807, 2.05) is 0 Å². The number of benzene rings is 1. The fraction of sp³-hybridized carbons (Fsp3) is 0. The van der Waals surface area contributed by atoms with Crippen molar-refractivity contribution in [3.8, 4) is 11.5 Å². The first kappa shape index (κ1) is 14.3. The van der Waals surface area contributed by atoms with Crippen molar-refractivity contribution >= 4 is 37.6 Å². The van der Waals surface area contributed by atoms with Crippen LogP contribution in [-0.4, -0.2) is 13.4 Å². The molecule has 0 aliphatic rings. The monoisotopic (exact) mass is 362 g/mol. The highest BCUT2D eigenvalue weighted by Gasteiger charge is 2.11. The van der Waals surface area contributed by atoms with Crippen molar-refractivity contribution in [1.29, 1.82) is 0 Å². The molecular weight excluding hydrogens is 356 g/mol. The quantitative estimate of drug-likeness (QED) is 0.909. The van der Waals surface area contributed by atoms with Crippen LogP contribution in [0.2, 0.25) is 5.02 Å². The van der Waals surface area contributed by atoms with Gasteiger partial charge in [-0.15, -0.1) is 0 Å². The van der Waals surface area contributed by atoms with E-state index < -0.39 is 10.0 Å². The van der Waals surface area contributed by atoms with Gasteiger partial charge in [-0.1, -0.05) is 11.6 Å². The molecule has 8 heteroatoms. The number of rotatable bonds is 3. The molecule has 0 aliphatic carbocycles. The van der Waals surface area contributed by atoms with Crippen LogP contribution in [0.15, 0.2) is 46.0 Å². The molecular formula is C11H8BrClN2O3S. The largest absolute Gasteiger partial charge is 0.455 e. The molecule has 0 atom stereocenters. The van der Waals surface area contributed by atoms with Gasteiger partial charge in [0.2, 0.25) is 10.0 Å². The fourth-order valence-corrected chi connectivity index (χ4v) is 2.63. The van der Waals surface area contributed by atoms with Crippen LogP contribution < -0.4 is 9.88 Å². The van der Waals surface area contributed by atoms with Gasteiger partial charge in [0, 0.05) is 12.3 Å². The van der Waals surface area contributed by atoms with Crippen LogP contribution in [0.25, 0.3) is 0 Å². The molecule has 0 bridgehead atoms. The number of sulfonamides is 1. The van der Waals surface area contributed by atoms with Crippen molar-refractivity contribution in [1.82, 2.24) is 4.98 Å². The van der Waals surface area contributed by atoms with Crippen LogP contribution in [0.1, 0.15) is 0 Å². The number of primary sulfonamides is 1. The topological polar surface area (TPSA) is 82.3 Å². The van der Waals surface area contributed by atoms with Gasteiger partial charge in [-0.3, -0.25) is 4.98 Å². The minimum Gasteiger partial charge on any atom is -0.455 e. The number of pyridine rings is 1. The summed E-state index contributed by atoms with van der Waals surface area (Å²) in [6, 6.07) is 5.80. The van der Waals surface area contributed by atoms with E-state index in [1.165, 1.54) is 30.6 Å². The Balaban J connectivity index is 2.32. The van der Waals surface area contributed by atoms with E-state index in [-0.39, 0.29) is 4.90 Å². The minimum absolute atomic E-state index is 0.00376. The predicted octanol–water partition coefficient (Wildman–Crippen LogP) is 2.94. The summed E-state index contributed by atoms with van der Waals surface area (Å²) in [6.07, 6.45) is 2.97. The summed E-state index contributed by atoms with van der Waals surface area (Å²) >= 11 is 9.00. The third kappa shape index (κ3) is 3.66.